The first-order chi connectivity index (χ1) is 23.8. The number of ether oxygens (including phenoxy) is 2. The van der Waals surface area contributed by atoms with Gasteiger partial charge in [-0.3, -0.25) is 9.36 Å². The van der Waals surface area contributed by atoms with Crippen LogP contribution in [0.5, 0.6) is 17.2 Å². The molecule has 0 radical (unpaired) electrons. The number of rotatable bonds is 10. The lowest BCUT2D eigenvalue weighted by Gasteiger charge is -2.15. The summed E-state index contributed by atoms with van der Waals surface area (Å²) in [7, 11) is 1.59. The van der Waals surface area contributed by atoms with E-state index in [9.17, 15) is 4.79 Å². The summed E-state index contributed by atoms with van der Waals surface area (Å²) >= 11 is 9.36. The normalized spacial score (nSPS) is 11.8. The Balaban J connectivity index is 1.13. The van der Waals surface area contributed by atoms with Gasteiger partial charge >= 0.3 is 0 Å². The van der Waals surface area contributed by atoms with Crippen LogP contribution in [0, 0.1) is 6.92 Å². The molecular formula is C38H30ClN5O3S2. The maximum absolute atomic E-state index is 13.5. The van der Waals surface area contributed by atoms with E-state index >= 15 is 0 Å². The Labute approximate surface area is 296 Å². The monoisotopic (exact) mass is 703 g/mol. The van der Waals surface area contributed by atoms with Crippen molar-refractivity contribution in [2.45, 2.75) is 24.3 Å². The molecular weight excluding hydrogens is 674 g/mol. The molecule has 7 aromatic rings. The molecule has 0 saturated carbocycles. The second kappa shape index (κ2) is 14.1. The third kappa shape index (κ3) is 7.17. The van der Waals surface area contributed by atoms with E-state index in [4.69, 9.17) is 26.1 Å². The van der Waals surface area contributed by atoms with Gasteiger partial charge < -0.3 is 14.8 Å². The van der Waals surface area contributed by atoms with Crippen molar-refractivity contribution in [3.05, 3.63) is 126 Å². The fraction of sp³-hybridized carbons (Fsp3) is 0.105. The standard InChI is InChI=1S/C38H30ClN5O3S2/c1-23-9-19-32-34(21-23)49-37(41-32)25-10-13-27(14-11-25)40-36(45)24(2)48-38-43-42-35(31-22-26(39)12-20-33(31)46-3)44(38)28-15-17-30(18-16-28)47-29-7-5-4-6-8-29/h4-22,24H,1-3H3,(H,40,45). The minimum Gasteiger partial charge on any atom is -0.496 e. The van der Waals surface area contributed by atoms with Crippen molar-refractivity contribution in [1.82, 2.24) is 19.7 Å². The first-order valence-corrected chi connectivity index (χ1v) is 17.5. The summed E-state index contributed by atoms with van der Waals surface area (Å²) in [4.78, 5) is 18.2. The zero-order valence-electron chi connectivity index (χ0n) is 26.8. The number of methoxy groups -OCH3 is 1. The highest BCUT2D eigenvalue weighted by Crippen LogP contribution is 2.37. The van der Waals surface area contributed by atoms with E-state index in [-0.39, 0.29) is 5.91 Å². The zero-order chi connectivity index (χ0) is 33.9. The van der Waals surface area contributed by atoms with Gasteiger partial charge in [0.05, 0.1) is 33.8 Å². The van der Waals surface area contributed by atoms with Gasteiger partial charge in [-0.2, -0.15) is 0 Å². The van der Waals surface area contributed by atoms with Crippen LogP contribution < -0.4 is 14.8 Å². The molecule has 1 atom stereocenters. The Hall–Kier alpha value is -5.16. The van der Waals surface area contributed by atoms with Crippen LogP contribution in [0.15, 0.2) is 120 Å². The molecule has 0 aliphatic carbocycles. The van der Waals surface area contributed by atoms with Crippen molar-refractivity contribution in [2.75, 3.05) is 12.4 Å². The third-order valence-corrected chi connectivity index (χ3v) is 10.0. The fourth-order valence-corrected chi connectivity index (χ4v) is 7.31. The van der Waals surface area contributed by atoms with E-state index in [2.05, 4.69) is 34.6 Å². The van der Waals surface area contributed by atoms with Gasteiger partial charge in [0.15, 0.2) is 11.0 Å². The number of amides is 1. The number of benzene rings is 5. The van der Waals surface area contributed by atoms with Crippen molar-refractivity contribution in [1.29, 1.82) is 0 Å². The Morgan fingerprint density at radius 3 is 2.41 bits per heavy atom. The number of hydrogen-bond acceptors (Lipinski definition) is 8. The van der Waals surface area contributed by atoms with Crippen molar-refractivity contribution in [2.24, 2.45) is 0 Å². The number of aryl methyl sites for hydroxylation is 1. The number of nitrogens with zero attached hydrogens (tertiary/aromatic N) is 4. The summed E-state index contributed by atoms with van der Waals surface area (Å²) in [5.74, 6) is 2.36. The predicted molar refractivity (Wildman–Crippen MR) is 199 cm³/mol. The van der Waals surface area contributed by atoms with Crippen LogP contribution in [0.2, 0.25) is 5.02 Å². The molecule has 0 fully saturated rings. The second-order valence-electron chi connectivity index (χ2n) is 11.2. The minimum absolute atomic E-state index is 0.170. The number of thioether (sulfide) groups is 1. The van der Waals surface area contributed by atoms with E-state index < -0.39 is 5.25 Å². The molecule has 0 aliphatic rings. The van der Waals surface area contributed by atoms with Crippen LogP contribution >= 0.6 is 34.7 Å². The first-order valence-electron chi connectivity index (χ1n) is 15.4. The van der Waals surface area contributed by atoms with Gasteiger partial charge in [-0.25, -0.2) is 4.98 Å². The Bertz CT molecular complexity index is 2250. The number of para-hydroxylation sites is 1. The van der Waals surface area contributed by atoms with E-state index in [1.54, 1.807) is 36.6 Å². The molecule has 8 nitrogen and oxygen atoms in total. The minimum atomic E-state index is -0.509. The number of thiazole rings is 1. The van der Waals surface area contributed by atoms with E-state index in [0.29, 0.717) is 38.8 Å². The topological polar surface area (TPSA) is 91.2 Å². The van der Waals surface area contributed by atoms with Gasteiger partial charge in [0, 0.05) is 16.3 Å². The average Bonchev–Trinajstić information content (AvgIpc) is 3.73. The Morgan fingerprint density at radius 2 is 1.65 bits per heavy atom. The first kappa shape index (κ1) is 32.4. The molecule has 244 valence electrons. The summed E-state index contributed by atoms with van der Waals surface area (Å²) < 4.78 is 14.7. The molecule has 0 saturated heterocycles. The molecule has 0 bridgehead atoms. The number of anilines is 1. The van der Waals surface area contributed by atoms with Crippen molar-refractivity contribution >= 4 is 56.5 Å². The number of fused-ring (bicyclic) bond motifs is 1. The maximum Gasteiger partial charge on any atom is 0.237 e. The SMILES string of the molecule is COc1ccc(Cl)cc1-c1nnc(SC(C)C(=O)Nc2ccc(-c3nc4ccc(C)cc4s3)cc2)n1-c1ccc(Oc2ccccc2)cc1. The molecule has 0 spiro atoms. The average molecular weight is 704 g/mol. The molecule has 11 heteroatoms. The van der Waals surface area contributed by atoms with Crippen molar-refractivity contribution in [3.63, 3.8) is 0 Å². The summed E-state index contributed by atoms with van der Waals surface area (Å²) in [5.41, 5.74) is 5.32. The van der Waals surface area contributed by atoms with Crippen LogP contribution in [0.25, 0.3) is 37.9 Å². The molecule has 49 heavy (non-hydrogen) atoms. The predicted octanol–water partition coefficient (Wildman–Crippen LogP) is 10.1. The molecule has 2 aromatic heterocycles. The molecule has 0 aliphatic heterocycles. The number of aromatic nitrogens is 4. The van der Waals surface area contributed by atoms with Crippen molar-refractivity contribution < 1.29 is 14.3 Å². The lowest BCUT2D eigenvalue weighted by Crippen LogP contribution is -2.22. The molecule has 2 heterocycles. The van der Waals surface area contributed by atoms with Gasteiger partial charge in [-0.15, -0.1) is 21.5 Å². The lowest BCUT2D eigenvalue weighted by atomic mass is 10.2. The second-order valence-corrected chi connectivity index (χ2v) is 14.0. The van der Waals surface area contributed by atoms with E-state index in [0.717, 1.165) is 32.2 Å². The van der Waals surface area contributed by atoms with Crippen LogP contribution in [0.4, 0.5) is 5.69 Å². The molecule has 1 amide bonds. The van der Waals surface area contributed by atoms with Crippen LogP contribution in [0.3, 0.4) is 0 Å². The van der Waals surface area contributed by atoms with Gasteiger partial charge in [-0.1, -0.05) is 47.6 Å². The molecule has 1 unspecified atom stereocenters. The highest BCUT2D eigenvalue weighted by atomic mass is 35.5. The van der Waals surface area contributed by atoms with Gasteiger partial charge in [-0.05, 0) is 110 Å². The van der Waals surface area contributed by atoms with Crippen LogP contribution in [-0.4, -0.2) is 38.0 Å². The highest BCUT2D eigenvalue weighted by Gasteiger charge is 2.24. The number of nitrogens with one attached hydrogen (secondary N) is 1. The summed E-state index contributed by atoms with van der Waals surface area (Å²) in [5, 5.41) is 13.6. The Morgan fingerprint density at radius 1 is 0.898 bits per heavy atom. The zero-order valence-corrected chi connectivity index (χ0v) is 29.1. The lowest BCUT2D eigenvalue weighted by molar-refractivity contribution is -0.115. The highest BCUT2D eigenvalue weighted by molar-refractivity contribution is 8.00. The summed E-state index contributed by atoms with van der Waals surface area (Å²) in [6.07, 6.45) is 0. The Kier molecular flexibility index (Phi) is 9.34. The number of carbonyl (C=O) groups excluding carboxylic acids is 1. The molecule has 5 aromatic carbocycles. The number of halogens is 1. The fourth-order valence-electron chi connectivity index (χ4n) is 5.20. The largest absolute Gasteiger partial charge is 0.496 e. The summed E-state index contributed by atoms with van der Waals surface area (Å²) in [6.45, 7) is 3.92. The third-order valence-electron chi connectivity index (χ3n) is 7.70. The number of hydrogen-bond donors (Lipinski definition) is 1. The van der Waals surface area contributed by atoms with E-state index in [1.165, 1.54) is 17.3 Å². The smallest absolute Gasteiger partial charge is 0.237 e. The maximum atomic E-state index is 13.5. The quantitative estimate of drug-likeness (QED) is 0.142. The van der Waals surface area contributed by atoms with Crippen molar-refractivity contribution in [3.8, 4) is 44.9 Å². The number of carbonyl (C=O) groups is 1. The summed E-state index contributed by atoms with van der Waals surface area (Å²) in [6, 6.07) is 36.5. The van der Waals surface area contributed by atoms with Gasteiger partial charge in [0.25, 0.3) is 0 Å². The van der Waals surface area contributed by atoms with Crippen LogP contribution in [0.1, 0.15) is 12.5 Å². The van der Waals surface area contributed by atoms with Gasteiger partial charge in [0.2, 0.25) is 5.91 Å². The van der Waals surface area contributed by atoms with Crippen LogP contribution in [-0.2, 0) is 4.79 Å². The van der Waals surface area contributed by atoms with E-state index in [1.807, 2.05) is 96.4 Å². The van der Waals surface area contributed by atoms with Gasteiger partial charge in [0.1, 0.15) is 22.3 Å². The molecule has 7 rings (SSSR count). The molecule has 1 N–H and O–H groups in total.